The molecule has 0 spiro atoms. The van der Waals surface area contributed by atoms with E-state index in [1.807, 2.05) is 12.1 Å². The van der Waals surface area contributed by atoms with Crippen LogP contribution in [0, 0.1) is 11.3 Å². The second-order valence-electron chi connectivity index (χ2n) is 8.03. The Balaban J connectivity index is 1.65. The molecule has 0 N–H and O–H groups in total. The summed E-state index contributed by atoms with van der Waals surface area (Å²) in [6, 6.07) is 16.8. The fourth-order valence-corrected chi connectivity index (χ4v) is 4.56. The molecule has 0 saturated carbocycles. The van der Waals surface area contributed by atoms with Gasteiger partial charge in [-0.3, -0.25) is 9.59 Å². The second-order valence-corrected chi connectivity index (χ2v) is 9.23. The first kappa shape index (κ1) is 24.0. The number of likely N-dealkylation sites (N-methyl/N-ethyl adjacent to an activating group) is 1. The van der Waals surface area contributed by atoms with Crippen molar-refractivity contribution in [2.45, 2.75) is 12.0 Å². The van der Waals surface area contributed by atoms with E-state index in [2.05, 4.69) is 4.98 Å². The Hall–Kier alpha value is -3.11. The zero-order valence-corrected chi connectivity index (χ0v) is 20.3. The number of carbonyl (C=O) groups is 2. The number of benzene rings is 2. The molecule has 2 atom stereocenters. The molecule has 2 aromatic carbocycles. The van der Waals surface area contributed by atoms with Crippen molar-refractivity contribution in [1.29, 1.82) is 5.26 Å². The van der Waals surface area contributed by atoms with Crippen LogP contribution in [-0.4, -0.2) is 52.8 Å². The largest absolute Gasteiger partial charge is 0.336 e. The van der Waals surface area contributed by atoms with Crippen molar-refractivity contribution in [3.63, 3.8) is 0 Å². The molecule has 0 bridgehead atoms. The Morgan fingerprint density at radius 2 is 1.71 bits per heavy atom. The van der Waals surface area contributed by atoms with E-state index in [-0.39, 0.29) is 23.8 Å². The van der Waals surface area contributed by atoms with Crippen molar-refractivity contribution in [1.82, 2.24) is 14.8 Å². The fourth-order valence-electron chi connectivity index (χ4n) is 4.14. The van der Waals surface area contributed by atoms with Crippen LogP contribution in [0.25, 0.3) is 0 Å². The number of hydrogen-bond acceptors (Lipinski definition) is 4. The number of rotatable bonds is 4. The van der Waals surface area contributed by atoms with E-state index in [0.717, 1.165) is 5.56 Å². The lowest BCUT2D eigenvalue weighted by molar-refractivity contribution is 0.0695. The standard InChI is InChI=1S/C25H19Cl3N4O2/c1-31(24(33)18-7-9-23(28)30-12-18)22-14-32(25(34)16-4-2-15(11-29)3-5-16)13-19(22)17-6-8-20(26)21(27)10-17/h2-10,12,19,22H,13-14H2,1H3/t19-,22+/m0/s1. The molecule has 1 aliphatic heterocycles. The van der Waals surface area contributed by atoms with Crippen molar-refractivity contribution in [3.05, 3.63) is 98.2 Å². The van der Waals surface area contributed by atoms with Gasteiger partial charge in [-0.25, -0.2) is 4.98 Å². The summed E-state index contributed by atoms with van der Waals surface area (Å²) in [4.78, 5) is 33.8. The van der Waals surface area contributed by atoms with Crippen LogP contribution in [-0.2, 0) is 0 Å². The first-order valence-electron chi connectivity index (χ1n) is 10.4. The van der Waals surface area contributed by atoms with Gasteiger partial charge in [-0.05, 0) is 54.1 Å². The topological polar surface area (TPSA) is 77.3 Å². The Labute approximate surface area is 212 Å². The average molecular weight is 514 g/mol. The van der Waals surface area contributed by atoms with E-state index in [4.69, 9.17) is 40.1 Å². The Morgan fingerprint density at radius 3 is 2.32 bits per heavy atom. The number of halogens is 3. The van der Waals surface area contributed by atoms with Crippen molar-refractivity contribution in [3.8, 4) is 6.07 Å². The van der Waals surface area contributed by atoms with Crippen LogP contribution in [0.1, 0.15) is 37.8 Å². The molecule has 0 aliphatic carbocycles. The SMILES string of the molecule is CN(C(=O)c1ccc(Cl)nc1)[C@@H]1CN(C(=O)c2ccc(C#N)cc2)C[C@H]1c1ccc(Cl)c(Cl)c1. The highest BCUT2D eigenvalue weighted by molar-refractivity contribution is 6.42. The first-order valence-corrected chi connectivity index (χ1v) is 11.5. The van der Waals surface area contributed by atoms with Crippen molar-refractivity contribution in [2.24, 2.45) is 0 Å². The summed E-state index contributed by atoms with van der Waals surface area (Å²) in [5.74, 6) is -0.593. The fraction of sp³-hybridized carbons (Fsp3) is 0.200. The van der Waals surface area contributed by atoms with Gasteiger partial charge in [0.2, 0.25) is 0 Å². The third-order valence-electron chi connectivity index (χ3n) is 6.00. The van der Waals surface area contributed by atoms with Gasteiger partial charge in [0.25, 0.3) is 11.8 Å². The second kappa shape index (κ2) is 10.0. The molecule has 6 nitrogen and oxygen atoms in total. The summed E-state index contributed by atoms with van der Waals surface area (Å²) >= 11 is 18.3. The molecule has 0 radical (unpaired) electrons. The summed E-state index contributed by atoms with van der Waals surface area (Å²) < 4.78 is 0. The van der Waals surface area contributed by atoms with Crippen LogP contribution in [0.2, 0.25) is 15.2 Å². The molecule has 1 aliphatic rings. The maximum Gasteiger partial charge on any atom is 0.255 e. The van der Waals surface area contributed by atoms with E-state index in [1.54, 1.807) is 65.4 Å². The van der Waals surface area contributed by atoms with Crippen LogP contribution in [0.4, 0.5) is 0 Å². The lowest BCUT2D eigenvalue weighted by atomic mass is 9.93. The summed E-state index contributed by atoms with van der Waals surface area (Å²) in [5.41, 5.74) is 2.23. The number of amides is 2. The van der Waals surface area contributed by atoms with E-state index in [1.165, 1.54) is 6.20 Å². The number of carbonyl (C=O) groups excluding carboxylic acids is 2. The molecule has 2 amide bonds. The maximum absolute atomic E-state index is 13.3. The van der Waals surface area contributed by atoms with Gasteiger partial charge in [-0.1, -0.05) is 40.9 Å². The molecule has 3 aromatic rings. The number of hydrogen-bond donors (Lipinski definition) is 0. The predicted octanol–water partition coefficient (Wildman–Crippen LogP) is 5.29. The minimum atomic E-state index is -0.317. The van der Waals surface area contributed by atoms with Gasteiger partial charge in [0.15, 0.2) is 0 Å². The minimum Gasteiger partial charge on any atom is -0.336 e. The van der Waals surface area contributed by atoms with Crippen LogP contribution >= 0.6 is 34.8 Å². The zero-order chi connectivity index (χ0) is 24.4. The highest BCUT2D eigenvalue weighted by Crippen LogP contribution is 2.35. The van der Waals surface area contributed by atoms with Gasteiger partial charge in [0.1, 0.15) is 5.15 Å². The van der Waals surface area contributed by atoms with Crippen molar-refractivity contribution < 1.29 is 9.59 Å². The summed E-state index contributed by atoms with van der Waals surface area (Å²) in [5, 5.41) is 10.2. The third-order valence-corrected chi connectivity index (χ3v) is 6.96. The molecule has 4 rings (SSSR count). The van der Waals surface area contributed by atoms with Gasteiger partial charge in [-0.15, -0.1) is 0 Å². The van der Waals surface area contributed by atoms with Crippen molar-refractivity contribution in [2.75, 3.05) is 20.1 Å². The minimum absolute atomic E-state index is 0.175. The van der Waals surface area contributed by atoms with Gasteiger partial charge in [0.05, 0.1) is 33.3 Å². The summed E-state index contributed by atoms with van der Waals surface area (Å²) in [6.07, 6.45) is 1.43. The third kappa shape index (κ3) is 4.88. The molecule has 34 heavy (non-hydrogen) atoms. The average Bonchev–Trinajstić information content (AvgIpc) is 3.30. The smallest absolute Gasteiger partial charge is 0.255 e. The van der Waals surface area contributed by atoms with Crippen LogP contribution in [0.3, 0.4) is 0 Å². The normalized spacial score (nSPS) is 17.3. The number of nitrogens with zero attached hydrogens (tertiary/aromatic N) is 4. The first-order chi connectivity index (χ1) is 16.3. The molecule has 9 heteroatoms. The van der Waals surface area contributed by atoms with Gasteiger partial charge >= 0.3 is 0 Å². The van der Waals surface area contributed by atoms with Crippen molar-refractivity contribution >= 4 is 46.6 Å². The Bertz CT molecular complexity index is 1270. The van der Waals surface area contributed by atoms with Gasteiger partial charge in [0, 0.05) is 37.8 Å². The number of likely N-dealkylation sites (tertiary alicyclic amines) is 1. The molecule has 1 fully saturated rings. The molecular weight excluding hydrogens is 495 g/mol. The summed E-state index contributed by atoms with van der Waals surface area (Å²) in [7, 11) is 1.71. The maximum atomic E-state index is 13.3. The molecule has 1 saturated heterocycles. The number of pyridine rings is 1. The molecule has 2 heterocycles. The van der Waals surface area contributed by atoms with Crippen LogP contribution in [0.5, 0.6) is 0 Å². The van der Waals surface area contributed by atoms with Gasteiger partial charge in [-0.2, -0.15) is 5.26 Å². The zero-order valence-electron chi connectivity index (χ0n) is 18.1. The monoisotopic (exact) mass is 512 g/mol. The highest BCUT2D eigenvalue weighted by Gasteiger charge is 2.40. The molecular formula is C25H19Cl3N4O2. The van der Waals surface area contributed by atoms with E-state index < -0.39 is 0 Å². The molecule has 172 valence electrons. The molecule has 0 unspecified atom stereocenters. The Morgan fingerprint density at radius 1 is 1.00 bits per heavy atom. The van der Waals surface area contributed by atoms with E-state index in [0.29, 0.717) is 45.0 Å². The molecule has 1 aromatic heterocycles. The van der Waals surface area contributed by atoms with Gasteiger partial charge < -0.3 is 9.80 Å². The number of aromatic nitrogens is 1. The number of nitriles is 1. The summed E-state index contributed by atoms with van der Waals surface area (Å²) in [6.45, 7) is 0.713. The lowest BCUT2D eigenvalue weighted by Gasteiger charge is -2.29. The highest BCUT2D eigenvalue weighted by atomic mass is 35.5. The lowest BCUT2D eigenvalue weighted by Crippen LogP contribution is -2.42. The van der Waals surface area contributed by atoms with Crippen LogP contribution in [0.15, 0.2) is 60.8 Å². The van der Waals surface area contributed by atoms with Crippen LogP contribution < -0.4 is 0 Å². The quantitative estimate of drug-likeness (QED) is 0.444. The Kier molecular flexibility index (Phi) is 7.08. The predicted molar refractivity (Wildman–Crippen MR) is 131 cm³/mol. The van der Waals surface area contributed by atoms with E-state index >= 15 is 0 Å². The van der Waals surface area contributed by atoms with E-state index in [9.17, 15) is 9.59 Å².